The average Bonchev–Trinajstić information content (AvgIpc) is 2.55. The smallest absolute Gasteiger partial charge is 0.190 e. The van der Waals surface area contributed by atoms with Gasteiger partial charge in [-0.2, -0.15) is 0 Å². The van der Waals surface area contributed by atoms with Gasteiger partial charge in [-0.25, -0.2) is 0 Å². The van der Waals surface area contributed by atoms with E-state index in [-0.39, 0.29) is 0 Å². The second-order valence-corrected chi connectivity index (χ2v) is 5.40. The Morgan fingerprint density at radius 2 is 2.10 bits per heavy atom. The molecule has 1 aliphatic carbocycles. The largest absolute Gasteiger partial charge is 0.356 e. The summed E-state index contributed by atoms with van der Waals surface area (Å²) in [5.41, 5.74) is 2.84. The topological polar surface area (TPSA) is 49.3 Å². The first-order valence-corrected chi connectivity index (χ1v) is 7.90. The molecule has 0 aliphatic heterocycles. The Kier molecular flexibility index (Phi) is 6.78. The van der Waals surface area contributed by atoms with Gasteiger partial charge in [-0.15, -0.1) is 0 Å². The molecule has 2 N–H and O–H groups in total. The zero-order chi connectivity index (χ0) is 14.8. The first-order chi connectivity index (χ1) is 10.4. The van der Waals surface area contributed by atoms with Gasteiger partial charge >= 0.3 is 0 Å². The van der Waals surface area contributed by atoms with Crippen LogP contribution in [0.15, 0.2) is 41.2 Å². The van der Waals surface area contributed by atoms with Crippen LogP contribution < -0.4 is 10.6 Å². The summed E-state index contributed by atoms with van der Waals surface area (Å²) in [5.74, 6) is 0.885. The van der Waals surface area contributed by atoms with Gasteiger partial charge in [0.15, 0.2) is 5.96 Å². The second-order valence-electron chi connectivity index (χ2n) is 5.40. The number of hydrogen-bond acceptors (Lipinski definition) is 2. The van der Waals surface area contributed by atoms with Gasteiger partial charge in [-0.1, -0.05) is 17.7 Å². The van der Waals surface area contributed by atoms with E-state index in [4.69, 9.17) is 0 Å². The number of allylic oxidation sites excluding steroid dienone is 1. The highest BCUT2D eigenvalue weighted by Crippen LogP contribution is 2.19. The van der Waals surface area contributed by atoms with Crippen molar-refractivity contribution in [2.24, 2.45) is 4.99 Å². The molecule has 2 rings (SSSR count). The van der Waals surface area contributed by atoms with Crippen molar-refractivity contribution in [2.45, 2.75) is 38.5 Å². The van der Waals surface area contributed by atoms with E-state index in [0.717, 1.165) is 31.9 Å². The van der Waals surface area contributed by atoms with Gasteiger partial charge in [0.1, 0.15) is 0 Å². The van der Waals surface area contributed by atoms with Crippen LogP contribution in [0.2, 0.25) is 0 Å². The van der Waals surface area contributed by atoms with Crippen LogP contribution in [-0.2, 0) is 6.42 Å². The van der Waals surface area contributed by atoms with Gasteiger partial charge in [-0.3, -0.25) is 9.98 Å². The van der Waals surface area contributed by atoms with Crippen molar-refractivity contribution < 1.29 is 0 Å². The molecule has 0 saturated heterocycles. The predicted octanol–water partition coefficient (Wildman–Crippen LogP) is 2.68. The van der Waals surface area contributed by atoms with Crippen LogP contribution >= 0.6 is 0 Å². The molecular weight excluding hydrogens is 260 g/mol. The Morgan fingerprint density at radius 1 is 1.24 bits per heavy atom. The number of guanidine groups is 1. The maximum atomic E-state index is 4.26. The van der Waals surface area contributed by atoms with Crippen LogP contribution in [0.1, 0.15) is 37.7 Å². The van der Waals surface area contributed by atoms with Crippen molar-refractivity contribution in [1.82, 2.24) is 15.6 Å². The molecule has 1 aliphatic rings. The number of nitrogens with zero attached hydrogens (tertiary/aromatic N) is 2. The maximum absolute atomic E-state index is 4.26. The zero-order valence-electron chi connectivity index (χ0n) is 12.9. The van der Waals surface area contributed by atoms with Crippen LogP contribution in [0.3, 0.4) is 0 Å². The molecule has 0 atom stereocenters. The van der Waals surface area contributed by atoms with E-state index in [1.54, 1.807) is 11.8 Å². The highest BCUT2D eigenvalue weighted by atomic mass is 15.2. The number of aliphatic imine (C=N–C) groups is 1. The SMILES string of the molecule is CN=C(NCCC1=CCCCC1)NCCc1cccnc1. The number of aromatic nitrogens is 1. The lowest BCUT2D eigenvalue weighted by molar-refractivity contribution is 0.665. The van der Waals surface area contributed by atoms with Crippen molar-refractivity contribution >= 4 is 5.96 Å². The second kappa shape index (κ2) is 9.16. The third kappa shape index (κ3) is 5.98. The molecule has 4 heteroatoms. The van der Waals surface area contributed by atoms with Crippen molar-refractivity contribution in [3.8, 4) is 0 Å². The Balaban J connectivity index is 1.63. The quantitative estimate of drug-likeness (QED) is 0.480. The molecule has 1 aromatic rings. The Morgan fingerprint density at radius 3 is 2.76 bits per heavy atom. The van der Waals surface area contributed by atoms with Gasteiger partial charge in [0.2, 0.25) is 0 Å². The Labute approximate surface area is 127 Å². The highest BCUT2D eigenvalue weighted by molar-refractivity contribution is 5.79. The summed E-state index contributed by atoms with van der Waals surface area (Å²) in [6.07, 6.45) is 13.4. The van der Waals surface area contributed by atoms with Crippen LogP contribution in [0.25, 0.3) is 0 Å². The monoisotopic (exact) mass is 286 g/mol. The molecule has 1 aromatic heterocycles. The summed E-state index contributed by atoms with van der Waals surface area (Å²) in [5, 5.41) is 6.73. The first kappa shape index (κ1) is 15.5. The minimum absolute atomic E-state index is 0.869. The standard InChI is InChI=1S/C17H26N4/c1-18-17(20-12-9-15-6-3-2-4-7-15)21-13-10-16-8-5-11-19-14-16/h5-6,8,11,14H,2-4,7,9-10,12-13H2,1H3,(H2,18,20,21). The van der Waals surface area contributed by atoms with Gasteiger partial charge < -0.3 is 10.6 Å². The van der Waals surface area contributed by atoms with E-state index in [1.165, 1.54) is 31.2 Å². The predicted molar refractivity (Wildman–Crippen MR) is 88.5 cm³/mol. The fourth-order valence-electron chi connectivity index (χ4n) is 2.57. The van der Waals surface area contributed by atoms with Gasteiger partial charge in [0, 0.05) is 32.5 Å². The molecule has 0 radical (unpaired) electrons. The van der Waals surface area contributed by atoms with Crippen LogP contribution in [0, 0.1) is 0 Å². The molecule has 114 valence electrons. The molecule has 0 spiro atoms. The lowest BCUT2D eigenvalue weighted by Gasteiger charge is -2.15. The summed E-state index contributed by atoms with van der Waals surface area (Å²) >= 11 is 0. The summed E-state index contributed by atoms with van der Waals surface area (Å²) in [4.78, 5) is 8.39. The summed E-state index contributed by atoms with van der Waals surface area (Å²) in [6.45, 7) is 1.83. The first-order valence-electron chi connectivity index (χ1n) is 7.90. The normalized spacial score (nSPS) is 15.5. The third-order valence-electron chi connectivity index (χ3n) is 3.78. The number of nitrogens with one attached hydrogen (secondary N) is 2. The fraction of sp³-hybridized carbons (Fsp3) is 0.529. The summed E-state index contributed by atoms with van der Waals surface area (Å²) in [7, 11) is 1.82. The molecule has 0 unspecified atom stereocenters. The minimum atomic E-state index is 0.869. The van der Waals surface area contributed by atoms with E-state index in [2.05, 4.69) is 32.8 Å². The minimum Gasteiger partial charge on any atom is -0.356 e. The van der Waals surface area contributed by atoms with E-state index in [9.17, 15) is 0 Å². The zero-order valence-corrected chi connectivity index (χ0v) is 12.9. The van der Waals surface area contributed by atoms with Crippen LogP contribution in [0.5, 0.6) is 0 Å². The van der Waals surface area contributed by atoms with E-state index in [0.29, 0.717) is 0 Å². The molecule has 0 fully saturated rings. The van der Waals surface area contributed by atoms with Crippen molar-refractivity contribution in [1.29, 1.82) is 0 Å². The van der Waals surface area contributed by atoms with Crippen molar-refractivity contribution in [3.05, 3.63) is 41.7 Å². The fourth-order valence-corrected chi connectivity index (χ4v) is 2.57. The lowest BCUT2D eigenvalue weighted by atomic mass is 9.97. The van der Waals surface area contributed by atoms with Crippen LogP contribution in [-0.4, -0.2) is 31.1 Å². The van der Waals surface area contributed by atoms with Gasteiger partial charge in [0.25, 0.3) is 0 Å². The molecule has 0 saturated carbocycles. The third-order valence-corrected chi connectivity index (χ3v) is 3.78. The highest BCUT2D eigenvalue weighted by Gasteiger charge is 2.04. The Hall–Kier alpha value is -1.84. The molecule has 0 amide bonds. The number of pyridine rings is 1. The average molecular weight is 286 g/mol. The van der Waals surface area contributed by atoms with Gasteiger partial charge in [-0.05, 0) is 50.2 Å². The molecule has 4 nitrogen and oxygen atoms in total. The van der Waals surface area contributed by atoms with Crippen molar-refractivity contribution in [2.75, 3.05) is 20.1 Å². The maximum Gasteiger partial charge on any atom is 0.190 e. The molecule has 1 heterocycles. The molecule has 0 bridgehead atoms. The van der Waals surface area contributed by atoms with Gasteiger partial charge in [0.05, 0.1) is 0 Å². The molecule has 21 heavy (non-hydrogen) atoms. The molecule has 0 aromatic carbocycles. The van der Waals surface area contributed by atoms with E-state index >= 15 is 0 Å². The summed E-state index contributed by atoms with van der Waals surface area (Å²) < 4.78 is 0. The lowest BCUT2D eigenvalue weighted by Crippen LogP contribution is -2.38. The number of hydrogen-bond donors (Lipinski definition) is 2. The van der Waals surface area contributed by atoms with Crippen molar-refractivity contribution in [3.63, 3.8) is 0 Å². The molecular formula is C17H26N4. The van der Waals surface area contributed by atoms with Crippen LogP contribution in [0.4, 0.5) is 0 Å². The van der Waals surface area contributed by atoms with E-state index in [1.807, 2.05) is 19.3 Å². The summed E-state index contributed by atoms with van der Waals surface area (Å²) in [6, 6.07) is 4.07. The van der Waals surface area contributed by atoms with E-state index < -0.39 is 0 Å². The number of rotatable bonds is 6. The Bertz CT molecular complexity index is 465.